The number of carbonyl (C=O) groups is 1. The van der Waals surface area contributed by atoms with Gasteiger partial charge in [-0.25, -0.2) is 8.42 Å². The van der Waals surface area contributed by atoms with E-state index in [0.29, 0.717) is 24.2 Å². The maximum atomic E-state index is 13.0. The van der Waals surface area contributed by atoms with Crippen LogP contribution < -0.4 is 4.72 Å². The minimum Gasteiger partial charge on any atom is -0.298 e. The van der Waals surface area contributed by atoms with Gasteiger partial charge in [0.15, 0.2) is 5.78 Å². The third-order valence-electron chi connectivity index (χ3n) is 6.98. The minimum absolute atomic E-state index is 0.0227. The van der Waals surface area contributed by atoms with Gasteiger partial charge in [-0.2, -0.15) is 4.72 Å². The number of nitrogens with one attached hydrogen (secondary N) is 1. The molecule has 0 aromatic heterocycles. The summed E-state index contributed by atoms with van der Waals surface area (Å²) in [7, 11) is -3.69. The first kappa shape index (κ1) is 18.2. The van der Waals surface area contributed by atoms with Gasteiger partial charge in [-0.3, -0.25) is 4.79 Å². The highest BCUT2D eigenvalue weighted by Gasteiger charge is 2.49. The lowest BCUT2D eigenvalue weighted by Gasteiger charge is -2.54. The molecule has 0 unspecified atom stereocenters. The second kappa shape index (κ2) is 6.45. The van der Waals surface area contributed by atoms with Crippen LogP contribution in [0.2, 0.25) is 0 Å². The number of Topliss-reactive ketones (excluding diaryl/α,β-unsaturated/α-hetero) is 1. The fourth-order valence-corrected chi connectivity index (χ4v) is 7.31. The summed E-state index contributed by atoms with van der Waals surface area (Å²) in [5.74, 6) is 3.60. The van der Waals surface area contributed by atoms with Crippen LogP contribution in [0.1, 0.15) is 52.4 Å². The maximum Gasteiger partial charge on any atom is 0.241 e. The van der Waals surface area contributed by atoms with E-state index < -0.39 is 15.6 Å². The van der Waals surface area contributed by atoms with Crippen LogP contribution in [-0.4, -0.2) is 19.7 Å². The van der Waals surface area contributed by atoms with E-state index in [1.165, 1.54) is 32.1 Å². The van der Waals surface area contributed by atoms with Crippen LogP contribution in [0.15, 0.2) is 35.2 Å². The van der Waals surface area contributed by atoms with Crippen molar-refractivity contribution in [2.45, 2.75) is 62.8 Å². The predicted octanol–water partition coefficient (Wildman–Crippen LogP) is 3.78. The van der Waals surface area contributed by atoms with Gasteiger partial charge in [0.05, 0.1) is 10.4 Å². The smallest absolute Gasteiger partial charge is 0.241 e. The second-order valence-electron chi connectivity index (χ2n) is 9.27. The van der Waals surface area contributed by atoms with Crippen molar-refractivity contribution in [3.63, 3.8) is 0 Å². The second-order valence-corrected chi connectivity index (χ2v) is 10.9. The molecule has 4 saturated carbocycles. The van der Waals surface area contributed by atoms with Crippen molar-refractivity contribution in [1.82, 2.24) is 4.72 Å². The Labute approximate surface area is 156 Å². The Morgan fingerprint density at radius 1 is 1.00 bits per heavy atom. The van der Waals surface area contributed by atoms with E-state index in [1.807, 2.05) is 0 Å². The fourth-order valence-electron chi connectivity index (χ4n) is 5.89. The number of ketones is 1. The van der Waals surface area contributed by atoms with Crippen molar-refractivity contribution in [1.29, 1.82) is 0 Å². The molecule has 5 rings (SSSR count). The molecule has 4 aliphatic carbocycles. The minimum atomic E-state index is -3.69. The number of hydrogen-bond donors (Lipinski definition) is 1. The average Bonchev–Trinajstić information content (AvgIpc) is 2.57. The Kier molecular flexibility index (Phi) is 4.51. The van der Waals surface area contributed by atoms with Crippen molar-refractivity contribution >= 4 is 15.8 Å². The van der Waals surface area contributed by atoms with E-state index in [-0.39, 0.29) is 10.7 Å². The van der Waals surface area contributed by atoms with Crippen LogP contribution in [0.25, 0.3) is 0 Å². The summed E-state index contributed by atoms with van der Waals surface area (Å²) in [6.45, 7) is 3.40. The normalized spacial score (nSPS) is 33.4. The molecule has 1 aromatic rings. The summed E-state index contributed by atoms with van der Waals surface area (Å²) in [5.41, 5.74) is -1.08. The molecule has 0 heterocycles. The number of hydrogen-bond acceptors (Lipinski definition) is 3. The Bertz CT molecular complexity index is 757. The largest absolute Gasteiger partial charge is 0.298 e. The summed E-state index contributed by atoms with van der Waals surface area (Å²) < 4.78 is 27.9. The van der Waals surface area contributed by atoms with Gasteiger partial charge in [-0.05, 0) is 87.7 Å². The van der Waals surface area contributed by atoms with Crippen LogP contribution in [-0.2, 0) is 14.8 Å². The van der Waals surface area contributed by atoms with Crippen molar-refractivity contribution in [2.24, 2.45) is 29.6 Å². The highest BCUT2D eigenvalue weighted by molar-refractivity contribution is 7.89. The fraction of sp³-hybridized carbons (Fsp3) is 0.667. The molecular weight excluding hydrogens is 346 g/mol. The van der Waals surface area contributed by atoms with Gasteiger partial charge in [0, 0.05) is 6.42 Å². The van der Waals surface area contributed by atoms with Gasteiger partial charge in [0.25, 0.3) is 0 Å². The molecule has 5 heteroatoms. The number of carbonyl (C=O) groups excluding carboxylic acids is 1. The third kappa shape index (κ3) is 3.36. The van der Waals surface area contributed by atoms with E-state index in [4.69, 9.17) is 0 Å². The molecule has 26 heavy (non-hydrogen) atoms. The molecule has 0 saturated heterocycles. The summed E-state index contributed by atoms with van der Waals surface area (Å²) in [6.07, 6.45) is 7.03. The topological polar surface area (TPSA) is 63.2 Å². The quantitative estimate of drug-likeness (QED) is 0.823. The van der Waals surface area contributed by atoms with Gasteiger partial charge in [-0.15, -0.1) is 0 Å². The molecule has 1 aromatic carbocycles. The van der Waals surface area contributed by atoms with Gasteiger partial charge < -0.3 is 0 Å². The molecule has 0 aliphatic heterocycles. The summed E-state index contributed by atoms with van der Waals surface area (Å²) >= 11 is 0. The Morgan fingerprint density at radius 2 is 1.54 bits per heavy atom. The first-order valence-electron chi connectivity index (χ1n) is 9.87. The summed E-state index contributed by atoms with van der Waals surface area (Å²) in [4.78, 5) is 13.2. The molecule has 4 bridgehead atoms. The number of benzene rings is 1. The van der Waals surface area contributed by atoms with Crippen LogP contribution >= 0.6 is 0 Å². The van der Waals surface area contributed by atoms with Crippen molar-refractivity contribution in [2.75, 3.05) is 0 Å². The highest BCUT2D eigenvalue weighted by Crippen LogP contribution is 2.57. The molecule has 1 N–H and O–H groups in total. The lowest BCUT2D eigenvalue weighted by molar-refractivity contribution is -0.128. The molecule has 142 valence electrons. The molecular formula is C21H29NO3S. The van der Waals surface area contributed by atoms with Crippen molar-refractivity contribution in [3.8, 4) is 0 Å². The standard InChI is InChI=1S/C21H29NO3S/c1-21(2,22-26(24,25)18-6-4-3-5-7-18)20(23)13-19-16-9-14-8-15(11-16)12-17(19)10-14/h3-7,14-17,19,22H,8-13H2,1-2H3. The molecule has 0 atom stereocenters. The van der Waals surface area contributed by atoms with Gasteiger partial charge in [-0.1, -0.05) is 18.2 Å². The third-order valence-corrected chi connectivity index (χ3v) is 8.66. The zero-order chi connectivity index (χ0) is 18.5. The number of sulfonamides is 1. The maximum absolute atomic E-state index is 13.0. The zero-order valence-electron chi connectivity index (χ0n) is 15.6. The lowest BCUT2D eigenvalue weighted by atomic mass is 9.51. The zero-order valence-corrected chi connectivity index (χ0v) is 16.5. The average molecular weight is 376 g/mol. The van der Waals surface area contributed by atoms with Crippen LogP contribution in [0.5, 0.6) is 0 Å². The highest BCUT2D eigenvalue weighted by atomic mass is 32.2. The van der Waals surface area contributed by atoms with E-state index >= 15 is 0 Å². The van der Waals surface area contributed by atoms with Crippen molar-refractivity contribution in [3.05, 3.63) is 30.3 Å². The van der Waals surface area contributed by atoms with Gasteiger partial charge >= 0.3 is 0 Å². The molecule has 0 radical (unpaired) electrons. The molecule has 4 nitrogen and oxygen atoms in total. The van der Waals surface area contributed by atoms with E-state index in [0.717, 1.165) is 11.8 Å². The van der Waals surface area contributed by atoms with E-state index in [1.54, 1.807) is 44.2 Å². The van der Waals surface area contributed by atoms with E-state index in [2.05, 4.69) is 4.72 Å². The molecule has 4 aliphatic rings. The Hall–Kier alpha value is -1.20. The van der Waals surface area contributed by atoms with Crippen LogP contribution in [0, 0.1) is 29.6 Å². The first-order valence-corrected chi connectivity index (χ1v) is 11.4. The van der Waals surface area contributed by atoms with Crippen LogP contribution in [0.4, 0.5) is 0 Å². The predicted molar refractivity (Wildman–Crippen MR) is 101 cm³/mol. The van der Waals surface area contributed by atoms with Crippen molar-refractivity contribution < 1.29 is 13.2 Å². The molecule has 0 spiro atoms. The first-order chi connectivity index (χ1) is 12.2. The molecule has 4 fully saturated rings. The van der Waals surface area contributed by atoms with Gasteiger partial charge in [0.2, 0.25) is 10.0 Å². The van der Waals surface area contributed by atoms with Crippen LogP contribution in [0.3, 0.4) is 0 Å². The monoisotopic (exact) mass is 375 g/mol. The summed E-state index contributed by atoms with van der Waals surface area (Å²) in [5, 5.41) is 0. The molecule has 0 amide bonds. The Balaban J connectivity index is 1.45. The summed E-state index contributed by atoms with van der Waals surface area (Å²) in [6, 6.07) is 8.28. The number of rotatable bonds is 6. The lowest BCUT2D eigenvalue weighted by Crippen LogP contribution is -2.52. The van der Waals surface area contributed by atoms with E-state index in [9.17, 15) is 13.2 Å². The Morgan fingerprint density at radius 3 is 2.08 bits per heavy atom. The SMILES string of the molecule is CC(C)(NS(=O)(=O)c1ccccc1)C(=O)CC1C2CC3CC(C2)CC1C3. The van der Waals surface area contributed by atoms with Gasteiger partial charge in [0.1, 0.15) is 0 Å².